The quantitative estimate of drug-likeness (QED) is 0.805. The number of hydrogen-bond acceptors (Lipinski definition) is 4. The third kappa shape index (κ3) is 1.46. The monoisotopic (exact) mass is 199 g/mol. The molecule has 0 aromatic carbocycles. The van der Waals surface area contributed by atoms with E-state index in [-0.39, 0.29) is 11.8 Å². The number of aliphatic hydroxyl groups is 1. The molecule has 0 radical (unpaired) electrons. The van der Waals surface area contributed by atoms with Gasteiger partial charge >= 0.3 is 0 Å². The third-order valence-electron chi connectivity index (χ3n) is 1.61. The molecular formula is C8H6ClNO3. The van der Waals surface area contributed by atoms with Crippen LogP contribution in [0.2, 0.25) is 5.22 Å². The first-order valence-corrected chi connectivity index (χ1v) is 3.99. The third-order valence-corrected chi connectivity index (χ3v) is 1.81. The van der Waals surface area contributed by atoms with Crippen LogP contribution in [0.25, 0.3) is 11.5 Å². The van der Waals surface area contributed by atoms with Crippen LogP contribution in [0.5, 0.6) is 0 Å². The lowest BCUT2D eigenvalue weighted by molar-refractivity contribution is 0.281. The molecule has 1 N–H and O–H groups in total. The molecule has 0 bridgehead atoms. The fraction of sp³-hybridized carbons (Fsp3) is 0.125. The molecule has 5 heteroatoms. The van der Waals surface area contributed by atoms with Crippen molar-refractivity contribution in [3.63, 3.8) is 0 Å². The summed E-state index contributed by atoms with van der Waals surface area (Å²) in [4.78, 5) is 0. The standard InChI is InChI=1S/C8H6ClNO3/c9-7-2-1-6(12-7)8-5(4-11)3-10-13-8/h1-3,11H,4H2. The second-order valence-electron chi connectivity index (χ2n) is 2.44. The van der Waals surface area contributed by atoms with E-state index in [0.717, 1.165) is 0 Å². The highest BCUT2D eigenvalue weighted by Gasteiger charge is 2.13. The van der Waals surface area contributed by atoms with E-state index in [1.165, 1.54) is 6.20 Å². The Hall–Kier alpha value is -1.26. The second kappa shape index (κ2) is 3.24. The van der Waals surface area contributed by atoms with Crippen LogP contribution in [0.1, 0.15) is 5.56 Å². The van der Waals surface area contributed by atoms with Gasteiger partial charge in [0.15, 0.2) is 11.0 Å². The van der Waals surface area contributed by atoms with Gasteiger partial charge < -0.3 is 14.0 Å². The van der Waals surface area contributed by atoms with Crippen molar-refractivity contribution in [1.82, 2.24) is 5.16 Å². The average Bonchev–Trinajstić information content (AvgIpc) is 2.71. The molecule has 0 aliphatic heterocycles. The Bertz CT molecular complexity index is 407. The van der Waals surface area contributed by atoms with Crippen molar-refractivity contribution in [3.05, 3.63) is 29.1 Å². The maximum absolute atomic E-state index is 8.90. The molecule has 2 aromatic heterocycles. The van der Waals surface area contributed by atoms with E-state index in [4.69, 9.17) is 25.6 Å². The number of hydrogen-bond donors (Lipinski definition) is 1. The van der Waals surface area contributed by atoms with Crippen molar-refractivity contribution in [2.45, 2.75) is 6.61 Å². The average molecular weight is 200 g/mol. The van der Waals surface area contributed by atoms with Gasteiger partial charge in [0.1, 0.15) is 0 Å². The predicted octanol–water partition coefficient (Wildman–Crippen LogP) is 2.08. The number of aromatic nitrogens is 1. The van der Waals surface area contributed by atoms with E-state index >= 15 is 0 Å². The Morgan fingerprint density at radius 2 is 2.31 bits per heavy atom. The van der Waals surface area contributed by atoms with Gasteiger partial charge in [-0.3, -0.25) is 0 Å². The minimum atomic E-state index is -0.142. The van der Waals surface area contributed by atoms with E-state index in [2.05, 4.69) is 5.16 Å². The Balaban J connectivity index is 2.45. The molecule has 68 valence electrons. The molecule has 4 nitrogen and oxygen atoms in total. The molecule has 0 spiro atoms. The minimum absolute atomic E-state index is 0.142. The lowest BCUT2D eigenvalue weighted by Crippen LogP contribution is -1.81. The van der Waals surface area contributed by atoms with Crippen molar-refractivity contribution in [1.29, 1.82) is 0 Å². The van der Waals surface area contributed by atoms with Crippen molar-refractivity contribution < 1.29 is 14.0 Å². The Morgan fingerprint density at radius 3 is 2.92 bits per heavy atom. The van der Waals surface area contributed by atoms with Gasteiger partial charge in [0, 0.05) is 5.56 Å². The molecule has 13 heavy (non-hydrogen) atoms. The van der Waals surface area contributed by atoms with Crippen LogP contribution in [0, 0.1) is 0 Å². The van der Waals surface area contributed by atoms with Crippen LogP contribution in [-0.4, -0.2) is 10.3 Å². The minimum Gasteiger partial charge on any atom is -0.441 e. The summed E-state index contributed by atoms with van der Waals surface area (Å²) in [6, 6.07) is 3.25. The second-order valence-corrected chi connectivity index (χ2v) is 2.81. The van der Waals surface area contributed by atoms with Gasteiger partial charge in [0.2, 0.25) is 5.76 Å². The van der Waals surface area contributed by atoms with Crippen molar-refractivity contribution >= 4 is 11.6 Å². The van der Waals surface area contributed by atoms with Gasteiger partial charge in [-0.25, -0.2) is 0 Å². The molecule has 2 aromatic rings. The van der Waals surface area contributed by atoms with Crippen molar-refractivity contribution in [3.8, 4) is 11.5 Å². The van der Waals surface area contributed by atoms with E-state index < -0.39 is 0 Å². The SMILES string of the molecule is OCc1cnoc1-c1ccc(Cl)o1. The van der Waals surface area contributed by atoms with Crippen molar-refractivity contribution in [2.24, 2.45) is 0 Å². The smallest absolute Gasteiger partial charge is 0.207 e. The molecule has 0 saturated carbocycles. The zero-order chi connectivity index (χ0) is 9.26. The first kappa shape index (κ1) is 8.34. The molecule has 0 amide bonds. The summed E-state index contributed by atoms with van der Waals surface area (Å²) in [7, 11) is 0. The van der Waals surface area contributed by atoms with Gasteiger partial charge in [0.05, 0.1) is 12.8 Å². The maximum Gasteiger partial charge on any atom is 0.207 e. The van der Waals surface area contributed by atoms with Gasteiger partial charge in [0.25, 0.3) is 0 Å². The number of halogens is 1. The number of furan rings is 1. The summed E-state index contributed by atoms with van der Waals surface area (Å²) >= 11 is 5.58. The van der Waals surface area contributed by atoms with Crippen LogP contribution in [0.4, 0.5) is 0 Å². The normalized spacial score (nSPS) is 10.6. The molecule has 0 fully saturated rings. The Labute approximate surface area is 78.7 Å². The first-order chi connectivity index (χ1) is 6.31. The predicted molar refractivity (Wildman–Crippen MR) is 45.1 cm³/mol. The first-order valence-electron chi connectivity index (χ1n) is 3.61. The molecule has 0 saturated heterocycles. The molecule has 0 aliphatic rings. The molecule has 0 unspecified atom stereocenters. The zero-order valence-electron chi connectivity index (χ0n) is 6.53. The van der Waals surface area contributed by atoms with E-state index in [0.29, 0.717) is 17.1 Å². The Kier molecular flexibility index (Phi) is 2.08. The summed E-state index contributed by atoms with van der Waals surface area (Å²) in [6.45, 7) is -0.142. The summed E-state index contributed by atoms with van der Waals surface area (Å²) in [5.74, 6) is 0.876. The number of rotatable bonds is 2. The Morgan fingerprint density at radius 1 is 1.46 bits per heavy atom. The summed E-state index contributed by atoms with van der Waals surface area (Å²) in [5.41, 5.74) is 0.575. The lowest BCUT2D eigenvalue weighted by atomic mass is 10.2. The highest BCUT2D eigenvalue weighted by molar-refractivity contribution is 6.28. The van der Waals surface area contributed by atoms with Gasteiger partial charge in [-0.15, -0.1) is 0 Å². The maximum atomic E-state index is 8.90. The molecule has 0 atom stereocenters. The summed E-state index contributed by atoms with van der Waals surface area (Å²) < 4.78 is 9.98. The van der Waals surface area contributed by atoms with Crippen LogP contribution in [-0.2, 0) is 6.61 Å². The van der Waals surface area contributed by atoms with Gasteiger partial charge in [-0.1, -0.05) is 5.16 Å². The molecule has 0 aliphatic carbocycles. The van der Waals surface area contributed by atoms with E-state index in [1.807, 2.05) is 0 Å². The highest BCUT2D eigenvalue weighted by Crippen LogP contribution is 2.27. The molecular weight excluding hydrogens is 194 g/mol. The van der Waals surface area contributed by atoms with Crippen LogP contribution >= 0.6 is 11.6 Å². The summed E-state index contributed by atoms with van der Waals surface area (Å²) in [5, 5.41) is 12.7. The van der Waals surface area contributed by atoms with Gasteiger partial charge in [-0.05, 0) is 23.7 Å². The van der Waals surface area contributed by atoms with E-state index in [9.17, 15) is 0 Å². The topological polar surface area (TPSA) is 59.4 Å². The fourth-order valence-corrected chi connectivity index (χ4v) is 1.16. The van der Waals surface area contributed by atoms with Crippen LogP contribution in [0.15, 0.2) is 27.3 Å². The molecule has 2 heterocycles. The highest BCUT2D eigenvalue weighted by atomic mass is 35.5. The fourth-order valence-electron chi connectivity index (χ4n) is 1.01. The van der Waals surface area contributed by atoms with Gasteiger partial charge in [-0.2, -0.15) is 0 Å². The molecule has 2 rings (SSSR count). The van der Waals surface area contributed by atoms with Crippen molar-refractivity contribution in [2.75, 3.05) is 0 Å². The number of nitrogens with zero attached hydrogens (tertiary/aromatic N) is 1. The van der Waals surface area contributed by atoms with Crippen LogP contribution in [0.3, 0.4) is 0 Å². The number of aliphatic hydroxyl groups excluding tert-OH is 1. The summed E-state index contributed by atoms with van der Waals surface area (Å²) in [6.07, 6.45) is 1.44. The largest absolute Gasteiger partial charge is 0.441 e. The van der Waals surface area contributed by atoms with E-state index in [1.54, 1.807) is 12.1 Å². The zero-order valence-corrected chi connectivity index (χ0v) is 7.28. The van der Waals surface area contributed by atoms with Crippen LogP contribution < -0.4 is 0 Å². The lowest BCUT2D eigenvalue weighted by Gasteiger charge is -1.91.